The molecule has 0 amide bonds. The van der Waals surface area contributed by atoms with Gasteiger partial charge in [0.25, 0.3) is 0 Å². The molecule has 2 aliphatic rings. The van der Waals surface area contributed by atoms with Crippen LogP contribution in [-0.4, -0.2) is 11.6 Å². The van der Waals surface area contributed by atoms with Gasteiger partial charge < -0.3 is 0 Å². The number of rotatable bonds is 2. The highest BCUT2D eigenvalue weighted by molar-refractivity contribution is 5.86. The molecule has 2 saturated carbocycles. The Morgan fingerprint density at radius 1 is 1.36 bits per heavy atom. The highest BCUT2D eigenvalue weighted by atomic mass is 16.1. The molecule has 0 aromatic carbocycles. The summed E-state index contributed by atoms with van der Waals surface area (Å²) in [5, 5.41) is 0. The number of ketones is 2. The first kappa shape index (κ1) is 9.63. The molecule has 0 N–H and O–H groups in total. The van der Waals surface area contributed by atoms with Gasteiger partial charge in [-0.05, 0) is 24.2 Å². The fourth-order valence-corrected chi connectivity index (χ4v) is 3.13. The molecule has 14 heavy (non-hydrogen) atoms. The minimum Gasteiger partial charge on any atom is -0.300 e. The molecule has 0 aromatic heterocycles. The summed E-state index contributed by atoms with van der Waals surface area (Å²) in [6, 6.07) is 0. The van der Waals surface area contributed by atoms with E-state index in [2.05, 4.69) is 6.58 Å². The standard InChI is InChI=1S/C12H16O2/c1-2-5-12-7-10(13)4-3-9(12)6-11(14)8-12/h2,9H,1,3-8H2. The van der Waals surface area contributed by atoms with E-state index in [0.29, 0.717) is 43.2 Å². The summed E-state index contributed by atoms with van der Waals surface area (Å²) in [6.07, 6.45) is 6.20. The minimum absolute atomic E-state index is 0.0336. The average molecular weight is 192 g/mol. The van der Waals surface area contributed by atoms with Crippen LogP contribution in [0.5, 0.6) is 0 Å². The van der Waals surface area contributed by atoms with E-state index in [0.717, 1.165) is 12.8 Å². The SMILES string of the molecule is C=CCC12CC(=O)CCC1CC(=O)C2. The predicted molar refractivity (Wildman–Crippen MR) is 53.8 cm³/mol. The Labute approximate surface area is 84.4 Å². The van der Waals surface area contributed by atoms with Crippen molar-refractivity contribution in [3.8, 4) is 0 Å². The summed E-state index contributed by atoms with van der Waals surface area (Å²) in [5.74, 6) is 1.12. The number of hydrogen-bond donors (Lipinski definition) is 0. The number of allylic oxidation sites excluding steroid dienone is 1. The van der Waals surface area contributed by atoms with Crippen LogP contribution in [-0.2, 0) is 9.59 Å². The van der Waals surface area contributed by atoms with Crippen molar-refractivity contribution >= 4 is 11.6 Å². The Balaban J connectivity index is 2.24. The normalized spacial score (nSPS) is 37.0. The summed E-state index contributed by atoms with van der Waals surface area (Å²) in [6.45, 7) is 3.74. The molecule has 0 bridgehead atoms. The fourth-order valence-electron chi connectivity index (χ4n) is 3.13. The second-order valence-corrected chi connectivity index (χ2v) is 4.73. The second kappa shape index (κ2) is 3.34. The molecule has 2 atom stereocenters. The smallest absolute Gasteiger partial charge is 0.133 e. The molecule has 0 spiro atoms. The van der Waals surface area contributed by atoms with Crippen LogP contribution in [0, 0.1) is 11.3 Å². The van der Waals surface area contributed by atoms with Crippen molar-refractivity contribution in [3.05, 3.63) is 12.7 Å². The van der Waals surface area contributed by atoms with E-state index in [-0.39, 0.29) is 5.41 Å². The van der Waals surface area contributed by atoms with Gasteiger partial charge in [-0.3, -0.25) is 9.59 Å². The van der Waals surface area contributed by atoms with Gasteiger partial charge in [0.05, 0.1) is 0 Å². The molecule has 0 aromatic rings. The van der Waals surface area contributed by atoms with Crippen molar-refractivity contribution in [3.63, 3.8) is 0 Å². The summed E-state index contributed by atoms with van der Waals surface area (Å²) in [7, 11) is 0. The zero-order chi connectivity index (χ0) is 10.2. The molecule has 2 unspecified atom stereocenters. The molecule has 2 aliphatic carbocycles. The van der Waals surface area contributed by atoms with E-state index in [1.807, 2.05) is 6.08 Å². The first-order valence-corrected chi connectivity index (χ1v) is 5.30. The molecule has 2 fully saturated rings. The van der Waals surface area contributed by atoms with Crippen LogP contribution >= 0.6 is 0 Å². The topological polar surface area (TPSA) is 34.1 Å². The molecular weight excluding hydrogens is 176 g/mol. The zero-order valence-electron chi connectivity index (χ0n) is 8.42. The minimum atomic E-state index is -0.0336. The fraction of sp³-hybridized carbons (Fsp3) is 0.667. The average Bonchev–Trinajstić information content (AvgIpc) is 2.40. The second-order valence-electron chi connectivity index (χ2n) is 4.73. The van der Waals surface area contributed by atoms with Gasteiger partial charge >= 0.3 is 0 Å². The Hall–Kier alpha value is -0.920. The molecule has 2 nitrogen and oxygen atoms in total. The van der Waals surface area contributed by atoms with E-state index in [4.69, 9.17) is 0 Å². The van der Waals surface area contributed by atoms with Crippen LogP contribution in [0.4, 0.5) is 0 Å². The van der Waals surface area contributed by atoms with Gasteiger partial charge in [0.2, 0.25) is 0 Å². The van der Waals surface area contributed by atoms with Crippen LogP contribution < -0.4 is 0 Å². The third-order valence-electron chi connectivity index (χ3n) is 3.76. The molecule has 2 rings (SSSR count). The lowest BCUT2D eigenvalue weighted by Gasteiger charge is -2.37. The molecule has 0 radical (unpaired) electrons. The number of carbonyl (C=O) groups is 2. The maximum absolute atomic E-state index is 11.5. The summed E-state index contributed by atoms with van der Waals surface area (Å²) in [5.41, 5.74) is -0.0336. The Bertz CT molecular complexity index is 291. The van der Waals surface area contributed by atoms with Gasteiger partial charge in [0, 0.05) is 25.7 Å². The highest BCUT2D eigenvalue weighted by Gasteiger charge is 2.48. The van der Waals surface area contributed by atoms with Crippen molar-refractivity contribution < 1.29 is 9.59 Å². The Morgan fingerprint density at radius 3 is 2.79 bits per heavy atom. The van der Waals surface area contributed by atoms with Crippen LogP contribution in [0.3, 0.4) is 0 Å². The molecule has 0 aliphatic heterocycles. The van der Waals surface area contributed by atoms with E-state index in [1.54, 1.807) is 0 Å². The highest BCUT2D eigenvalue weighted by Crippen LogP contribution is 2.52. The van der Waals surface area contributed by atoms with Gasteiger partial charge in [-0.25, -0.2) is 0 Å². The van der Waals surface area contributed by atoms with E-state index in [1.165, 1.54) is 0 Å². The monoisotopic (exact) mass is 192 g/mol. The lowest BCUT2D eigenvalue weighted by Crippen LogP contribution is -2.33. The zero-order valence-corrected chi connectivity index (χ0v) is 8.42. The first-order valence-electron chi connectivity index (χ1n) is 5.30. The molecule has 76 valence electrons. The quantitative estimate of drug-likeness (QED) is 0.629. The van der Waals surface area contributed by atoms with Crippen molar-refractivity contribution in [2.75, 3.05) is 0 Å². The third-order valence-corrected chi connectivity index (χ3v) is 3.76. The Morgan fingerprint density at radius 2 is 2.07 bits per heavy atom. The van der Waals surface area contributed by atoms with E-state index < -0.39 is 0 Å². The molecule has 0 saturated heterocycles. The van der Waals surface area contributed by atoms with Crippen molar-refractivity contribution in [1.82, 2.24) is 0 Å². The number of hydrogen-bond acceptors (Lipinski definition) is 2. The molecule has 0 heterocycles. The van der Waals surface area contributed by atoms with Crippen LogP contribution in [0.1, 0.15) is 38.5 Å². The number of Topliss-reactive ketones (excluding diaryl/α,β-unsaturated/α-hetero) is 2. The molecular formula is C12H16O2. The van der Waals surface area contributed by atoms with Crippen molar-refractivity contribution in [2.24, 2.45) is 11.3 Å². The van der Waals surface area contributed by atoms with Crippen LogP contribution in [0.2, 0.25) is 0 Å². The number of carbonyl (C=O) groups excluding carboxylic acids is 2. The van der Waals surface area contributed by atoms with Gasteiger partial charge in [-0.2, -0.15) is 0 Å². The van der Waals surface area contributed by atoms with Gasteiger partial charge in [0.15, 0.2) is 0 Å². The van der Waals surface area contributed by atoms with Gasteiger partial charge in [-0.1, -0.05) is 6.08 Å². The van der Waals surface area contributed by atoms with Crippen molar-refractivity contribution in [2.45, 2.75) is 38.5 Å². The van der Waals surface area contributed by atoms with Crippen molar-refractivity contribution in [1.29, 1.82) is 0 Å². The number of fused-ring (bicyclic) bond motifs is 1. The lowest BCUT2D eigenvalue weighted by atomic mass is 9.66. The predicted octanol–water partition coefficient (Wildman–Crippen LogP) is 2.28. The van der Waals surface area contributed by atoms with E-state index in [9.17, 15) is 9.59 Å². The Kier molecular flexibility index (Phi) is 2.30. The lowest BCUT2D eigenvalue weighted by molar-refractivity contribution is -0.125. The first-order chi connectivity index (χ1) is 6.66. The maximum Gasteiger partial charge on any atom is 0.133 e. The summed E-state index contributed by atoms with van der Waals surface area (Å²) in [4.78, 5) is 22.9. The summed E-state index contributed by atoms with van der Waals surface area (Å²) < 4.78 is 0. The summed E-state index contributed by atoms with van der Waals surface area (Å²) >= 11 is 0. The largest absolute Gasteiger partial charge is 0.300 e. The molecule has 2 heteroatoms. The van der Waals surface area contributed by atoms with Crippen LogP contribution in [0.25, 0.3) is 0 Å². The third kappa shape index (κ3) is 1.43. The van der Waals surface area contributed by atoms with Gasteiger partial charge in [-0.15, -0.1) is 6.58 Å². The van der Waals surface area contributed by atoms with E-state index >= 15 is 0 Å². The van der Waals surface area contributed by atoms with Gasteiger partial charge in [0.1, 0.15) is 11.6 Å². The van der Waals surface area contributed by atoms with Crippen LogP contribution in [0.15, 0.2) is 12.7 Å². The maximum atomic E-state index is 11.5.